The summed E-state index contributed by atoms with van der Waals surface area (Å²) in [4.78, 5) is 0. The molecule has 0 radical (unpaired) electrons. The second kappa shape index (κ2) is 16.3. The molecule has 0 heterocycles. The first-order chi connectivity index (χ1) is 1.00. The van der Waals surface area contributed by atoms with Crippen molar-refractivity contribution >= 4 is 0 Å². The van der Waals surface area contributed by atoms with Gasteiger partial charge in [0.15, 0.2) is 0 Å². The van der Waals surface area contributed by atoms with E-state index >= 15 is 0 Å². The molecule has 0 aromatic heterocycles. The topological polar surface area (TPSA) is 17.1 Å². The quantitative estimate of drug-likeness (QED) is 0.473. The minimum atomic E-state index is 0. The molecule has 0 aliphatic heterocycles. The van der Waals surface area contributed by atoms with Crippen molar-refractivity contribution in [2.24, 2.45) is 0 Å². The SMILES string of the molecule is [Ce].[O]=[Ce].[W]. The molecule has 0 aliphatic rings. The van der Waals surface area contributed by atoms with E-state index in [2.05, 4.69) is 0 Å². The molecular weight excluding hydrogens is 480 g/mol. The third kappa shape index (κ3) is 8.97. The van der Waals surface area contributed by atoms with Gasteiger partial charge in [-0.1, -0.05) is 0 Å². The molecule has 0 unspecified atom stereocenters. The minimum Gasteiger partial charge on any atom is 0 e. The Kier molecular flexibility index (Phi) is 64.0. The van der Waals surface area contributed by atoms with Gasteiger partial charge in [-0.05, 0) is 0 Å². The predicted molar refractivity (Wildman–Crippen MR) is 0.686 cm³/mol. The van der Waals surface area contributed by atoms with Crippen LogP contribution in [0.5, 0.6) is 0 Å². The second-order valence-electron chi connectivity index (χ2n) is 0. The molecule has 20 valence electrons. The first-order valence-corrected chi connectivity index (χ1v) is 1.49. The van der Waals surface area contributed by atoms with E-state index in [9.17, 15) is 0 Å². The van der Waals surface area contributed by atoms with Crippen LogP contribution in [0.4, 0.5) is 0 Å². The summed E-state index contributed by atoms with van der Waals surface area (Å²) < 4.78 is 8.39. The van der Waals surface area contributed by atoms with Crippen LogP contribution in [-0.4, -0.2) is 0 Å². The Labute approximate surface area is 100 Å². The number of hydrogen-bond acceptors (Lipinski definition) is 1. The van der Waals surface area contributed by atoms with Gasteiger partial charge in [-0.3, -0.25) is 0 Å². The Bertz CT molecular complexity index is 6.00. The zero-order valence-corrected chi connectivity index (χ0v) is 11.0. The van der Waals surface area contributed by atoms with E-state index < -0.39 is 0 Å². The molecule has 0 bridgehead atoms. The molecule has 0 N–H and O–H groups in total. The van der Waals surface area contributed by atoms with Crippen molar-refractivity contribution in [3.8, 4) is 0 Å². The number of rotatable bonds is 0. The van der Waals surface area contributed by atoms with Crippen LogP contribution in [0.3, 0.4) is 0 Å². The Balaban J connectivity index is -0.00000000500. The largest absolute Gasteiger partial charge is 0 e. The molecule has 0 aliphatic carbocycles. The second-order valence-corrected chi connectivity index (χ2v) is 0. The van der Waals surface area contributed by atoms with Gasteiger partial charge in [-0.25, -0.2) is 0 Å². The fourth-order valence-corrected chi connectivity index (χ4v) is 0. The molecule has 0 saturated carbocycles. The van der Waals surface area contributed by atoms with Crippen LogP contribution in [0, 0.1) is 81.5 Å². The molecule has 0 saturated heterocycles. The van der Waals surface area contributed by atoms with Gasteiger partial charge in [0.1, 0.15) is 0 Å². The molecule has 0 spiro atoms. The van der Waals surface area contributed by atoms with Gasteiger partial charge in [-0.15, -0.1) is 0 Å². The Morgan fingerprint density at radius 1 is 1.25 bits per heavy atom. The van der Waals surface area contributed by atoms with Gasteiger partial charge >= 0.3 is 40.7 Å². The fraction of sp³-hybridized carbons (Fsp3) is 0. The first kappa shape index (κ1) is 15.7. The molecule has 0 aromatic rings. The molecule has 4 heavy (non-hydrogen) atoms. The minimum absolute atomic E-state index is 0. The smallest absolute Gasteiger partial charge is 0 e. The summed E-state index contributed by atoms with van der Waals surface area (Å²) in [5.41, 5.74) is 0. The summed E-state index contributed by atoms with van der Waals surface area (Å²) in [5, 5.41) is 0. The van der Waals surface area contributed by atoms with Crippen molar-refractivity contribution in [1.82, 2.24) is 0 Å². The maximum absolute atomic E-state index is 8.39. The maximum atomic E-state index is 8.39. The molecular formula is Ce2OW. The van der Waals surface area contributed by atoms with Crippen LogP contribution in [0.2, 0.25) is 0 Å². The van der Waals surface area contributed by atoms with E-state index in [4.69, 9.17) is 0.938 Å². The van der Waals surface area contributed by atoms with Crippen molar-refractivity contribution in [3.63, 3.8) is 0 Å². The predicted octanol–water partition coefficient (Wildman–Crippen LogP) is -0.121. The zero-order chi connectivity index (χ0) is 2.00. The van der Waals surface area contributed by atoms with Gasteiger partial charge in [-0.2, -0.15) is 0 Å². The summed E-state index contributed by atoms with van der Waals surface area (Å²) in [5.74, 6) is 0. The molecule has 0 rings (SSSR count). The average molecular weight is 480 g/mol. The van der Waals surface area contributed by atoms with Gasteiger partial charge in [0.05, 0.1) is 0 Å². The third-order valence-corrected chi connectivity index (χ3v) is 0. The van der Waals surface area contributed by atoms with E-state index in [1.807, 2.05) is 0 Å². The van der Waals surface area contributed by atoms with Crippen molar-refractivity contribution in [1.29, 1.82) is 0 Å². The van der Waals surface area contributed by atoms with Crippen molar-refractivity contribution < 1.29 is 104 Å². The summed E-state index contributed by atoms with van der Waals surface area (Å²) in [6.07, 6.45) is 0. The molecule has 0 amide bonds. The molecule has 4 heteroatoms. The van der Waals surface area contributed by atoms with Crippen LogP contribution in [0.25, 0.3) is 0 Å². The normalized spacial score (nSPS) is 0.750. The average Bonchev–Trinajstić information content (AvgIpc) is 1.00. The third-order valence-electron chi connectivity index (χ3n) is 0. The number of hydrogen-bond donors (Lipinski definition) is 0. The Morgan fingerprint density at radius 2 is 1.25 bits per heavy atom. The molecule has 0 atom stereocenters. The Morgan fingerprint density at radius 3 is 1.25 bits per heavy atom. The van der Waals surface area contributed by atoms with Crippen molar-refractivity contribution in [2.45, 2.75) is 0 Å². The van der Waals surface area contributed by atoms with Crippen LogP contribution < -0.4 is 0 Å². The van der Waals surface area contributed by atoms with Crippen LogP contribution >= 0.6 is 0 Å². The molecule has 0 aromatic carbocycles. The van der Waals surface area contributed by atoms with E-state index in [1.54, 1.807) is 0 Å². The van der Waals surface area contributed by atoms with Gasteiger partial charge < -0.3 is 0 Å². The summed E-state index contributed by atoms with van der Waals surface area (Å²) >= 11 is 0.0556. The standard InChI is InChI=1S/2Ce.O.W. The van der Waals surface area contributed by atoms with E-state index in [0.717, 1.165) is 0 Å². The molecule has 0 fully saturated rings. The molecule has 1 nitrogen and oxygen atoms in total. The van der Waals surface area contributed by atoms with E-state index in [0.29, 0.717) is 0 Å². The zero-order valence-electron chi connectivity index (χ0n) is 1.82. The van der Waals surface area contributed by atoms with Gasteiger partial charge in [0, 0.05) is 62.8 Å². The van der Waals surface area contributed by atoms with Gasteiger partial charge in [0.2, 0.25) is 0 Å². The fourth-order valence-electron chi connectivity index (χ4n) is 0. The maximum Gasteiger partial charge on any atom is 0 e. The van der Waals surface area contributed by atoms with Crippen LogP contribution in [0.1, 0.15) is 0 Å². The summed E-state index contributed by atoms with van der Waals surface area (Å²) in [7, 11) is 0. The Hall–Kier alpha value is 3.24. The van der Waals surface area contributed by atoms with E-state index in [1.165, 1.54) is 0 Å². The van der Waals surface area contributed by atoms with Crippen molar-refractivity contribution in [3.05, 3.63) is 0 Å². The van der Waals surface area contributed by atoms with E-state index in [-0.39, 0.29) is 103 Å². The first-order valence-electron chi connectivity index (χ1n) is 0.204. The van der Waals surface area contributed by atoms with Gasteiger partial charge in [0.25, 0.3) is 0 Å². The van der Waals surface area contributed by atoms with Crippen LogP contribution in [-0.2, 0) is 22.0 Å². The van der Waals surface area contributed by atoms with Crippen molar-refractivity contribution in [2.75, 3.05) is 0 Å². The summed E-state index contributed by atoms with van der Waals surface area (Å²) in [6.45, 7) is 0. The summed E-state index contributed by atoms with van der Waals surface area (Å²) in [6, 6.07) is 0. The van der Waals surface area contributed by atoms with Crippen LogP contribution in [0.15, 0.2) is 0 Å². The monoisotopic (exact) mass is 480 g/mol.